The fraction of sp³-hybridized carbons (Fsp3) is 0.217. The number of amides is 2. The van der Waals surface area contributed by atoms with Gasteiger partial charge in [0.2, 0.25) is 11.9 Å². The van der Waals surface area contributed by atoms with E-state index in [0.29, 0.717) is 18.1 Å². The third-order valence-electron chi connectivity index (χ3n) is 4.87. The molecule has 0 bridgehead atoms. The summed E-state index contributed by atoms with van der Waals surface area (Å²) in [6, 6.07) is 14.5. The van der Waals surface area contributed by atoms with Gasteiger partial charge in [-0.1, -0.05) is 18.2 Å². The molecule has 1 aliphatic rings. The van der Waals surface area contributed by atoms with Crippen LogP contribution in [0, 0.1) is 0 Å². The van der Waals surface area contributed by atoms with Gasteiger partial charge in [0, 0.05) is 41.7 Å². The van der Waals surface area contributed by atoms with Gasteiger partial charge in [-0.05, 0) is 37.3 Å². The minimum atomic E-state index is -0.161. The molecule has 3 aromatic rings. The number of aromatic nitrogens is 2. The van der Waals surface area contributed by atoms with Crippen molar-refractivity contribution < 1.29 is 14.3 Å². The SMILES string of the molecule is COCC(C)NC(=O)c1ccc(Nc2ncc3c(n2)-c2ccccc2NC(=O)C3)cc1. The van der Waals surface area contributed by atoms with Crippen LogP contribution in [0.4, 0.5) is 17.3 Å². The molecule has 8 heteroatoms. The lowest BCUT2D eigenvalue weighted by atomic mass is 10.1. The number of methoxy groups -OCH3 is 1. The van der Waals surface area contributed by atoms with E-state index >= 15 is 0 Å². The summed E-state index contributed by atoms with van der Waals surface area (Å²) in [6.45, 7) is 2.33. The number of para-hydroxylation sites is 1. The second-order valence-electron chi connectivity index (χ2n) is 7.37. The maximum Gasteiger partial charge on any atom is 0.251 e. The molecule has 31 heavy (non-hydrogen) atoms. The smallest absolute Gasteiger partial charge is 0.251 e. The first kappa shape index (κ1) is 20.5. The summed E-state index contributed by atoms with van der Waals surface area (Å²) < 4.78 is 5.04. The zero-order valence-corrected chi connectivity index (χ0v) is 17.3. The molecule has 4 rings (SSSR count). The van der Waals surface area contributed by atoms with Gasteiger partial charge in [-0.2, -0.15) is 0 Å². The van der Waals surface area contributed by atoms with Crippen LogP contribution in [0.15, 0.2) is 54.7 Å². The number of anilines is 3. The van der Waals surface area contributed by atoms with Crippen LogP contribution in [-0.2, 0) is 16.0 Å². The molecular weight excluding hydrogens is 394 g/mol. The second-order valence-corrected chi connectivity index (χ2v) is 7.37. The van der Waals surface area contributed by atoms with Crippen LogP contribution in [-0.4, -0.2) is 41.5 Å². The van der Waals surface area contributed by atoms with Crippen molar-refractivity contribution in [2.75, 3.05) is 24.4 Å². The first-order valence-corrected chi connectivity index (χ1v) is 9.95. The minimum Gasteiger partial charge on any atom is -0.383 e. The summed E-state index contributed by atoms with van der Waals surface area (Å²) in [5.74, 6) is 0.157. The number of nitrogens with zero attached hydrogens (tertiary/aromatic N) is 2. The van der Waals surface area contributed by atoms with Crippen molar-refractivity contribution >= 4 is 29.1 Å². The highest BCUT2D eigenvalue weighted by Crippen LogP contribution is 2.32. The van der Waals surface area contributed by atoms with E-state index in [1.807, 2.05) is 31.2 Å². The van der Waals surface area contributed by atoms with E-state index < -0.39 is 0 Å². The monoisotopic (exact) mass is 417 g/mol. The Balaban J connectivity index is 1.53. The summed E-state index contributed by atoms with van der Waals surface area (Å²) in [5.41, 5.74) is 4.37. The van der Waals surface area contributed by atoms with E-state index in [0.717, 1.165) is 28.2 Å². The van der Waals surface area contributed by atoms with Crippen molar-refractivity contribution in [1.29, 1.82) is 0 Å². The van der Waals surface area contributed by atoms with E-state index in [1.54, 1.807) is 37.6 Å². The molecule has 1 unspecified atom stereocenters. The number of benzene rings is 2. The number of nitrogens with one attached hydrogen (secondary N) is 3. The maximum atomic E-state index is 12.3. The van der Waals surface area contributed by atoms with E-state index in [9.17, 15) is 9.59 Å². The molecule has 1 atom stereocenters. The number of carbonyl (C=O) groups is 2. The van der Waals surface area contributed by atoms with Crippen LogP contribution < -0.4 is 16.0 Å². The molecule has 0 spiro atoms. The van der Waals surface area contributed by atoms with E-state index in [1.165, 1.54) is 0 Å². The molecule has 2 heterocycles. The lowest BCUT2D eigenvalue weighted by molar-refractivity contribution is -0.115. The Morgan fingerprint density at radius 3 is 2.74 bits per heavy atom. The summed E-state index contributed by atoms with van der Waals surface area (Å²) in [5, 5.41) is 8.94. The molecule has 2 amide bonds. The summed E-state index contributed by atoms with van der Waals surface area (Å²) in [6.07, 6.45) is 1.89. The molecule has 0 saturated carbocycles. The predicted octanol–water partition coefficient (Wildman–Crippen LogP) is 3.15. The Bertz CT molecular complexity index is 1110. The second kappa shape index (κ2) is 8.93. The quantitative estimate of drug-likeness (QED) is 0.569. The van der Waals surface area contributed by atoms with Crippen molar-refractivity contribution in [2.24, 2.45) is 0 Å². The molecule has 1 aromatic heterocycles. The fourth-order valence-electron chi connectivity index (χ4n) is 3.43. The average molecular weight is 417 g/mol. The van der Waals surface area contributed by atoms with Crippen molar-refractivity contribution in [3.63, 3.8) is 0 Å². The lowest BCUT2D eigenvalue weighted by Gasteiger charge is -2.13. The van der Waals surface area contributed by atoms with Gasteiger partial charge in [0.15, 0.2) is 0 Å². The van der Waals surface area contributed by atoms with Crippen LogP contribution in [0.5, 0.6) is 0 Å². The average Bonchev–Trinajstić information content (AvgIpc) is 2.89. The molecule has 0 fully saturated rings. The van der Waals surface area contributed by atoms with Crippen LogP contribution in [0.25, 0.3) is 11.3 Å². The first-order chi connectivity index (χ1) is 15.0. The van der Waals surface area contributed by atoms with Gasteiger partial charge in [0.25, 0.3) is 5.91 Å². The van der Waals surface area contributed by atoms with Gasteiger partial charge in [0.1, 0.15) is 0 Å². The molecule has 0 aliphatic carbocycles. The third kappa shape index (κ3) is 4.70. The van der Waals surface area contributed by atoms with Crippen LogP contribution >= 0.6 is 0 Å². The highest BCUT2D eigenvalue weighted by molar-refractivity contribution is 6.00. The number of rotatable bonds is 6. The van der Waals surface area contributed by atoms with E-state index in [2.05, 4.69) is 25.9 Å². The zero-order valence-electron chi connectivity index (χ0n) is 17.3. The predicted molar refractivity (Wildman–Crippen MR) is 118 cm³/mol. The number of hydrogen-bond donors (Lipinski definition) is 3. The Labute approximate surface area is 180 Å². The Morgan fingerprint density at radius 2 is 1.97 bits per heavy atom. The van der Waals surface area contributed by atoms with Crippen molar-refractivity contribution in [2.45, 2.75) is 19.4 Å². The number of ether oxygens (including phenoxy) is 1. The van der Waals surface area contributed by atoms with Gasteiger partial charge in [-0.15, -0.1) is 0 Å². The van der Waals surface area contributed by atoms with Crippen molar-refractivity contribution in [3.8, 4) is 11.3 Å². The number of fused-ring (bicyclic) bond motifs is 3. The van der Waals surface area contributed by atoms with E-state index in [4.69, 9.17) is 4.74 Å². The molecule has 8 nitrogen and oxygen atoms in total. The van der Waals surface area contributed by atoms with Gasteiger partial charge in [-0.3, -0.25) is 9.59 Å². The Kier molecular flexibility index (Phi) is 5.90. The van der Waals surface area contributed by atoms with Gasteiger partial charge < -0.3 is 20.7 Å². The van der Waals surface area contributed by atoms with Crippen molar-refractivity contribution in [1.82, 2.24) is 15.3 Å². The molecule has 158 valence electrons. The molecule has 1 aliphatic heterocycles. The first-order valence-electron chi connectivity index (χ1n) is 9.95. The number of carbonyl (C=O) groups excluding carboxylic acids is 2. The fourth-order valence-corrected chi connectivity index (χ4v) is 3.43. The molecule has 0 radical (unpaired) electrons. The molecule has 0 saturated heterocycles. The number of hydrogen-bond acceptors (Lipinski definition) is 6. The third-order valence-corrected chi connectivity index (χ3v) is 4.87. The standard InChI is InChI=1S/C23H23N5O3/c1-14(13-31-2)25-22(30)15-7-9-17(10-8-15)26-23-24-12-16-11-20(29)27-19-6-4-3-5-18(19)21(16)28-23/h3-10,12,14H,11,13H2,1-2H3,(H,25,30)(H,27,29)(H,24,26,28). The van der Waals surface area contributed by atoms with Crippen LogP contribution in [0.3, 0.4) is 0 Å². The molecule has 2 aromatic carbocycles. The molecular formula is C23H23N5O3. The summed E-state index contributed by atoms with van der Waals surface area (Å²) >= 11 is 0. The summed E-state index contributed by atoms with van der Waals surface area (Å²) in [4.78, 5) is 33.5. The highest BCUT2D eigenvalue weighted by Gasteiger charge is 2.20. The minimum absolute atomic E-state index is 0.0764. The van der Waals surface area contributed by atoms with Crippen LogP contribution in [0.1, 0.15) is 22.8 Å². The van der Waals surface area contributed by atoms with Gasteiger partial charge >= 0.3 is 0 Å². The lowest BCUT2D eigenvalue weighted by Crippen LogP contribution is -2.35. The topological polar surface area (TPSA) is 105 Å². The van der Waals surface area contributed by atoms with Gasteiger partial charge in [0.05, 0.1) is 24.4 Å². The highest BCUT2D eigenvalue weighted by atomic mass is 16.5. The largest absolute Gasteiger partial charge is 0.383 e. The maximum absolute atomic E-state index is 12.3. The Morgan fingerprint density at radius 1 is 1.19 bits per heavy atom. The van der Waals surface area contributed by atoms with E-state index in [-0.39, 0.29) is 24.3 Å². The summed E-state index contributed by atoms with van der Waals surface area (Å²) in [7, 11) is 1.60. The van der Waals surface area contributed by atoms with Crippen LogP contribution in [0.2, 0.25) is 0 Å². The normalized spacial score (nSPS) is 13.3. The Hall–Kier alpha value is -3.78. The zero-order chi connectivity index (χ0) is 21.8. The van der Waals surface area contributed by atoms with Gasteiger partial charge in [-0.25, -0.2) is 9.97 Å². The molecule has 3 N–H and O–H groups in total. The van der Waals surface area contributed by atoms with Crippen molar-refractivity contribution in [3.05, 3.63) is 65.9 Å².